The van der Waals surface area contributed by atoms with Crippen molar-refractivity contribution in [2.24, 2.45) is 17.6 Å². The lowest BCUT2D eigenvalue weighted by molar-refractivity contribution is 0.0756. The molecule has 2 aliphatic carbocycles. The van der Waals surface area contributed by atoms with Crippen molar-refractivity contribution in [3.63, 3.8) is 0 Å². The Morgan fingerprint density at radius 1 is 1.04 bits per heavy atom. The zero-order valence-electron chi connectivity index (χ0n) is 15.6. The van der Waals surface area contributed by atoms with Gasteiger partial charge in [-0.25, -0.2) is 4.98 Å². The summed E-state index contributed by atoms with van der Waals surface area (Å²) in [5.41, 5.74) is 6.91. The molecule has 2 aliphatic rings. The van der Waals surface area contributed by atoms with E-state index >= 15 is 0 Å². The second-order valence-corrected chi connectivity index (χ2v) is 8.57. The molecule has 1 amide bonds. The molecular formula is C21H27Cl2N3OS. The van der Waals surface area contributed by atoms with Crippen molar-refractivity contribution in [3.8, 4) is 0 Å². The normalized spacial score (nSPS) is 25.8. The molecule has 2 atom stereocenters. The first-order chi connectivity index (χ1) is 12.7. The molecule has 0 saturated heterocycles. The number of amides is 1. The Labute approximate surface area is 183 Å². The highest BCUT2D eigenvalue weighted by Crippen LogP contribution is 2.39. The largest absolute Gasteiger partial charge is 0.349 e. The Morgan fingerprint density at radius 2 is 1.71 bits per heavy atom. The number of nitrogens with one attached hydrogen (secondary N) is 1. The van der Waals surface area contributed by atoms with Gasteiger partial charge in [0.2, 0.25) is 0 Å². The van der Waals surface area contributed by atoms with Crippen LogP contribution in [0.5, 0.6) is 0 Å². The van der Waals surface area contributed by atoms with Gasteiger partial charge in [0.05, 0.1) is 0 Å². The summed E-state index contributed by atoms with van der Waals surface area (Å²) in [5, 5.41) is 4.27. The summed E-state index contributed by atoms with van der Waals surface area (Å²) >= 11 is 1.60. The fourth-order valence-electron chi connectivity index (χ4n) is 4.46. The molecular weight excluding hydrogens is 413 g/mol. The van der Waals surface area contributed by atoms with Gasteiger partial charge in [0.25, 0.3) is 5.91 Å². The lowest BCUT2D eigenvalue weighted by atomic mass is 9.67. The summed E-state index contributed by atoms with van der Waals surface area (Å²) in [6.45, 7) is 0. The van der Waals surface area contributed by atoms with E-state index in [1.54, 1.807) is 18.0 Å². The van der Waals surface area contributed by atoms with Crippen molar-refractivity contribution in [1.29, 1.82) is 0 Å². The van der Waals surface area contributed by atoms with Crippen LogP contribution in [-0.4, -0.2) is 23.0 Å². The van der Waals surface area contributed by atoms with Crippen LogP contribution in [0.4, 0.5) is 0 Å². The number of hydrogen-bond acceptors (Lipinski definition) is 4. The molecule has 1 aromatic carbocycles. The van der Waals surface area contributed by atoms with Crippen LogP contribution >= 0.6 is 36.6 Å². The first-order valence-electron chi connectivity index (χ1n) is 9.44. The summed E-state index contributed by atoms with van der Waals surface area (Å²) in [7, 11) is 0. The smallest absolute Gasteiger partial charge is 0.251 e. The van der Waals surface area contributed by atoms with Crippen LogP contribution < -0.4 is 11.1 Å². The zero-order chi connectivity index (χ0) is 17.9. The minimum absolute atomic E-state index is 0. The van der Waals surface area contributed by atoms with E-state index in [2.05, 4.69) is 10.3 Å². The first-order valence-corrected chi connectivity index (χ1v) is 10.3. The number of nitrogens with zero attached hydrogens (tertiary/aromatic N) is 1. The van der Waals surface area contributed by atoms with Gasteiger partial charge in [-0.2, -0.15) is 0 Å². The van der Waals surface area contributed by atoms with Crippen molar-refractivity contribution in [2.45, 2.75) is 54.1 Å². The highest BCUT2D eigenvalue weighted by Gasteiger charge is 2.39. The predicted octanol–water partition coefficient (Wildman–Crippen LogP) is 4.71. The Hall–Kier alpha value is -1.27. The van der Waals surface area contributed by atoms with Crippen molar-refractivity contribution in [3.05, 3.63) is 54.2 Å². The average molecular weight is 440 g/mol. The Kier molecular flexibility index (Phi) is 8.62. The average Bonchev–Trinajstić information content (AvgIpc) is 2.64. The molecule has 2 saturated carbocycles. The van der Waals surface area contributed by atoms with E-state index in [1.807, 2.05) is 42.5 Å². The Morgan fingerprint density at radius 3 is 2.32 bits per heavy atom. The molecule has 2 fully saturated rings. The van der Waals surface area contributed by atoms with E-state index in [-0.39, 0.29) is 30.7 Å². The molecule has 0 spiro atoms. The van der Waals surface area contributed by atoms with E-state index in [0.717, 1.165) is 28.3 Å². The lowest BCUT2D eigenvalue weighted by Crippen LogP contribution is -2.53. The molecule has 0 radical (unpaired) electrons. The molecule has 7 heteroatoms. The van der Waals surface area contributed by atoms with Crippen LogP contribution in [0.2, 0.25) is 0 Å². The van der Waals surface area contributed by atoms with Gasteiger partial charge in [-0.3, -0.25) is 4.79 Å². The number of hydrogen-bond donors (Lipinski definition) is 2. The third kappa shape index (κ3) is 5.41. The number of fused-ring (bicyclic) bond motifs is 2. The van der Waals surface area contributed by atoms with Gasteiger partial charge in [-0.15, -0.1) is 24.8 Å². The zero-order valence-corrected chi connectivity index (χ0v) is 18.1. The Bertz CT molecular complexity index is 746. The molecule has 2 bridgehead atoms. The van der Waals surface area contributed by atoms with Gasteiger partial charge in [-0.05, 0) is 73.9 Å². The maximum atomic E-state index is 12.7. The summed E-state index contributed by atoms with van der Waals surface area (Å²) in [5.74, 6) is 1.12. The summed E-state index contributed by atoms with van der Waals surface area (Å²) in [4.78, 5) is 18.1. The summed E-state index contributed by atoms with van der Waals surface area (Å²) in [6.07, 6.45) is 7.52. The van der Waals surface area contributed by atoms with E-state index in [1.165, 1.54) is 19.3 Å². The van der Waals surface area contributed by atoms with Crippen molar-refractivity contribution >= 4 is 42.5 Å². The maximum absolute atomic E-state index is 12.7. The monoisotopic (exact) mass is 439 g/mol. The number of carbonyl (C=O) groups is 1. The SMILES string of the molecule is Cl.Cl.NC1CC2CCCC(C1)C2NC(=O)c1ccc(Sc2ccccn2)cc1. The van der Waals surface area contributed by atoms with Crippen LogP contribution in [-0.2, 0) is 0 Å². The maximum Gasteiger partial charge on any atom is 0.251 e. The topological polar surface area (TPSA) is 68.0 Å². The van der Waals surface area contributed by atoms with E-state index in [4.69, 9.17) is 5.73 Å². The van der Waals surface area contributed by atoms with E-state index < -0.39 is 0 Å². The predicted molar refractivity (Wildman–Crippen MR) is 119 cm³/mol. The lowest BCUT2D eigenvalue weighted by Gasteiger charge is -2.45. The van der Waals surface area contributed by atoms with Crippen LogP contribution in [0.1, 0.15) is 42.5 Å². The quantitative estimate of drug-likeness (QED) is 0.723. The van der Waals surface area contributed by atoms with Crippen LogP contribution in [0.15, 0.2) is 58.6 Å². The fourth-order valence-corrected chi connectivity index (χ4v) is 5.24. The minimum atomic E-state index is 0. The number of benzene rings is 1. The van der Waals surface area contributed by atoms with E-state index in [0.29, 0.717) is 23.9 Å². The minimum Gasteiger partial charge on any atom is -0.349 e. The molecule has 2 aromatic rings. The van der Waals surface area contributed by atoms with Gasteiger partial charge in [0, 0.05) is 28.7 Å². The third-order valence-electron chi connectivity index (χ3n) is 5.65. The van der Waals surface area contributed by atoms with Crippen molar-refractivity contribution in [1.82, 2.24) is 10.3 Å². The van der Waals surface area contributed by atoms with Gasteiger partial charge in [-0.1, -0.05) is 24.2 Å². The third-order valence-corrected chi connectivity index (χ3v) is 6.61. The van der Waals surface area contributed by atoms with Crippen LogP contribution in [0.3, 0.4) is 0 Å². The standard InChI is InChI=1S/C21H25N3OS.2ClH/c22-17-12-15-4-3-5-16(13-17)20(15)24-21(25)14-7-9-18(10-8-14)26-19-6-1-2-11-23-19;;/h1-2,6-11,15-17,20H,3-5,12-13,22H2,(H,24,25);2*1H. The molecule has 28 heavy (non-hydrogen) atoms. The molecule has 3 N–H and O–H groups in total. The van der Waals surface area contributed by atoms with E-state index in [9.17, 15) is 4.79 Å². The molecule has 0 aliphatic heterocycles. The van der Waals surface area contributed by atoms with Crippen molar-refractivity contribution < 1.29 is 4.79 Å². The highest BCUT2D eigenvalue weighted by molar-refractivity contribution is 7.99. The number of rotatable bonds is 4. The van der Waals surface area contributed by atoms with Crippen molar-refractivity contribution in [2.75, 3.05) is 0 Å². The second-order valence-electron chi connectivity index (χ2n) is 7.48. The number of carbonyl (C=O) groups excluding carboxylic acids is 1. The molecule has 1 aromatic heterocycles. The van der Waals surface area contributed by atoms with Gasteiger partial charge in [0.1, 0.15) is 5.03 Å². The number of pyridine rings is 1. The van der Waals surface area contributed by atoms with Gasteiger partial charge < -0.3 is 11.1 Å². The highest BCUT2D eigenvalue weighted by atomic mass is 35.5. The Balaban J connectivity index is 0.00000140. The summed E-state index contributed by atoms with van der Waals surface area (Å²) < 4.78 is 0. The number of aromatic nitrogens is 1. The molecule has 152 valence electrons. The molecule has 1 heterocycles. The molecule has 4 rings (SSSR count). The fraction of sp³-hybridized carbons (Fsp3) is 0.429. The number of halogens is 2. The second kappa shape index (κ2) is 10.5. The molecule has 2 unspecified atom stereocenters. The summed E-state index contributed by atoms with van der Waals surface area (Å²) in [6, 6.07) is 14.3. The van der Waals surface area contributed by atoms with Crippen LogP contribution in [0.25, 0.3) is 0 Å². The van der Waals surface area contributed by atoms with Gasteiger partial charge >= 0.3 is 0 Å². The van der Waals surface area contributed by atoms with Gasteiger partial charge in [0.15, 0.2) is 0 Å². The number of nitrogens with two attached hydrogens (primary N) is 1. The van der Waals surface area contributed by atoms with Crippen LogP contribution in [0, 0.1) is 11.8 Å². The first kappa shape index (κ1) is 23.0. The molecule has 4 nitrogen and oxygen atoms in total.